The van der Waals surface area contributed by atoms with Crippen LogP contribution >= 0.6 is 0 Å². The average Bonchev–Trinajstić information content (AvgIpc) is 3.08. The van der Waals surface area contributed by atoms with Gasteiger partial charge in [0.1, 0.15) is 19.0 Å². The van der Waals surface area contributed by atoms with Crippen molar-refractivity contribution in [2.45, 2.75) is 52.5 Å². The molecule has 0 amide bonds. The van der Waals surface area contributed by atoms with Gasteiger partial charge in [-0.1, -0.05) is 70.5 Å². The number of rotatable bonds is 9. The Morgan fingerprint density at radius 1 is 1.00 bits per heavy atom. The Morgan fingerprint density at radius 2 is 1.73 bits per heavy atom. The van der Waals surface area contributed by atoms with Crippen LogP contribution in [0.2, 0.25) is 0 Å². The van der Waals surface area contributed by atoms with Crippen LogP contribution in [0.5, 0.6) is 0 Å². The van der Waals surface area contributed by atoms with E-state index in [2.05, 4.69) is 52.0 Å². The number of esters is 1. The predicted molar refractivity (Wildman–Crippen MR) is 121 cm³/mol. The molecule has 5 nitrogen and oxygen atoms in total. The number of nitrogens with zero attached hydrogens (tertiary/aromatic N) is 2. The van der Waals surface area contributed by atoms with E-state index in [0.29, 0.717) is 13.2 Å². The Bertz CT molecular complexity index is 968. The predicted octanol–water partition coefficient (Wildman–Crippen LogP) is 5.36. The molecule has 0 unspecified atom stereocenters. The molecule has 1 aromatic heterocycles. The van der Waals surface area contributed by atoms with Gasteiger partial charge in [-0.15, -0.1) is 0 Å². The number of fused-ring (bicyclic) bond motifs is 1. The summed E-state index contributed by atoms with van der Waals surface area (Å²) in [6, 6.07) is 16.3. The molecule has 0 aliphatic heterocycles. The van der Waals surface area contributed by atoms with Gasteiger partial charge in [-0.25, -0.2) is 4.98 Å². The second-order valence-electron chi connectivity index (χ2n) is 8.52. The lowest BCUT2D eigenvalue weighted by atomic mass is 9.87. The summed E-state index contributed by atoms with van der Waals surface area (Å²) in [4.78, 5) is 17.3. The fraction of sp³-hybridized carbons (Fsp3) is 0.440. The Balaban J connectivity index is 1.78. The molecule has 3 aromatic rings. The number of carbonyl (C=O) groups excluding carboxylic acids is 1. The summed E-state index contributed by atoms with van der Waals surface area (Å²) in [5.74, 6) is 0.484. The van der Waals surface area contributed by atoms with Gasteiger partial charge >= 0.3 is 5.97 Å². The number of unbranched alkanes of at least 4 members (excludes halogenated alkanes) is 1. The molecule has 0 aliphatic rings. The van der Waals surface area contributed by atoms with Gasteiger partial charge in [-0.05, 0) is 29.5 Å². The zero-order chi connectivity index (χ0) is 21.6. The van der Waals surface area contributed by atoms with Crippen molar-refractivity contribution < 1.29 is 14.3 Å². The Kier molecular flexibility index (Phi) is 7.27. The molecule has 2 aromatic carbocycles. The van der Waals surface area contributed by atoms with E-state index in [1.54, 1.807) is 0 Å². The highest BCUT2D eigenvalue weighted by molar-refractivity contribution is 5.83. The number of benzene rings is 2. The van der Waals surface area contributed by atoms with E-state index in [1.165, 1.54) is 5.56 Å². The second-order valence-corrected chi connectivity index (χ2v) is 8.52. The van der Waals surface area contributed by atoms with Crippen LogP contribution in [-0.2, 0) is 26.2 Å². The topological polar surface area (TPSA) is 53.4 Å². The molecule has 5 heteroatoms. The third-order valence-electron chi connectivity index (χ3n) is 5.08. The van der Waals surface area contributed by atoms with Crippen molar-refractivity contribution in [3.05, 3.63) is 54.1 Å². The van der Waals surface area contributed by atoms with Crippen LogP contribution in [-0.4, -0.2) is 35.3 Å². The number of ether oxygens (including phenoxy) is 2. The van der Waals surface area contributed by atoms with E-state index in [4.69, 9.17) is 14.5 Å². The maximum atomic E-state index is 12.5. The standard InChI is InChI=1S/C25H32N2O3/c1-5-6-15-29-16-17-30-23(28)18-27-22-10-8-7-9-21(22)26-24(27)19-11-13-20(14-12-19)25(2,3)4/h7-14H,5-6,15-18H2,1-4H3. The van der Waals surface area contributed by atoms with E-state index in [1.807, 2.05) is 28.8 Å². The summed E-state index contributed by atoms with van der Waals surface area (Å²) in [7, 11) is 0. The van der Waals surface area contributed by atoms with Crippen LogP contribution in [0.25, 0.3) is 22.4 Å². The van der Waals surface area contributed by atoms with Crippen molar-refractivity contribution in [3.63, 3.8) is 0 Å². The van der Waals surface area contributed by atoms with Gasteiger partial charge in [-0.2, -0.15) is 0 Å². The first-order valence-corrected chi connectivity index (χ1v) is 10.7. The molecular weight excluding hydrogens is 376 g/mol. The maximum Gasteiger partial charge on any atom is 0.326 e. The number of carbonyl (C=O) groups is 1. The quantitative estimate of drug-likeness (QED) is 0.353. The maximum absolute atomic E-state index is 12.5. The number of aromatic nitrogens is 2. The van der Waals surface area contributed by atoms with E-state index in [-0.39, 0.29) is 24.5 Å². The minimum atomic E-state index is -0.287. The van der Waals surface area contributed by atoms with Gasteiger partial charge in [0.2, 0.25) is 0 Å². The van der Waals surface area contributed by atoms with Gasteiger partial charge in [0.15, 0.2) is 0 Å². The fourth-order valence-electron chi connectivity index (χ4n) is 3.31. The third kappa shape index (κ3) is 5.48. The largest absolute Gasteiger partial charge is 0.462 e. The molecule has 0 radical (unpaired) electrons. The van der Waals surface area contributed by atoms with Crippen LogP contribution in [0.4, 0.5) is 0 Å². The molecule has 30 heavy (non-hydrogen) atoms. The van der Waals surface area contributed by atoms with Gasteiger partial charge in [-0.3, -0.25) is 4.79 Å². The first kappa shape index (κ1) is 22.0. The Morgan fingerprint density at radius 3 is 2.43 bits per heavy atom. The summed E-state index contributed by atoms with van der Waals surface area (Å²) in [5.41, 5.74) is 4.11. The molecule has 160 valence electrons. The summed E-state index contributed by atoms with van der Waals surface area (Å²) in [6.45, 7) is 10.2. The summed E-state index contributed by atoms with van der Waals surface area (Å²) in [5, 5.41) is 0. The lowest BCUT2D eigenvalue weighted by Gasteiger charge is -2.19. The molecule has 0 N–H and O–H groups in total. The minimum absolute atomic E-state index is 0.0850. The lowest BCUT2D eigenvalue weighted by molar-refractivity contribution is -0.145. The minimum Gasteiger partial charge on any atom is -0.462 e. The molecule has 1 heterocycles. The van der Waals surface area contributed by atoms with Crippen LogP contribution in [0.15, 0.2) is 48.5 Å². The SMILES string of the molecule is CCCCOCCOC(=O)Cn1c(-c2ccc(C(C)(C)C)cc2)nc2ccccc21. The van der Waals surface area contributed by atoms with Crippen molar-refractivity contribution in [1.29, 1.82) is 0 Å². The third-order valence-corrected chi connectivity index (χ3v) is 5.08. The van der Waals surface area contributed by atoms with Crippen molar-refractivity contribution in [2.75, 3.05) is 19.8 Å². The van der Waals surface area contributed by atoms with E-state index in [0.717, 1.165) is 35.3 Å². The average molecular weight is 409 g/mol. The molecule has 0 spiro atoms. The van der Waals surface area contributed by atoms with Crippen LogP contribution in [0.3, 0.4) is 0 Å². The normalized spacial score (nSPS) is 11.7. The van der Waals surface area contributed by atoms with E-state index < -0.39 is 0 Å². The molecule has 0 saturated heterocycles. The monoisotopic (exact) mass is 408 g/mol. The molecule has 0 atom stereocenters. The van der Waals surface area contributed by atoms with Crippen molar-refractivity contribution in [2.24, 2.45) is 0 Å². The zero-order valence-corrected chi connectivity index (χ0v) is 18.5. The van der Waals surface area contributed by atoms with Crippen molar-refractivity contribution in [3.8, 4) is 11.4 Å². The van der Waals surface area contributed by atoms with Gasteiger partial charge in [0, 0.05) is 12.2 Å². The highest BCUT2D eigenvalue weighted by atomic mass is 16.6. The molecule has 3 rings (SSSR count). The fourth-order valence-corrected chi connectivity index (χ4v) is 3.31. The molecule has 0 fully saturated rings. The Labute approximate surface area is 179 Å². The first-order valence-electron chi connectivity index (χ1n) is 10.7. The van der Waals surface area contributed by atoms with Crippen LogP contribution < -0.4 is 0 Å². The highest BCUT2D eigenvalue weighted by Gasteiger charge is 2.18. The van der Waals surface area contributed by atoms with Crippen LogP contribution in [0.1, 0.15) is 46.1 Å². The summed E-state index contributed by atoms with van der Waals surface area (Å²) < 4.78 is 12.8. The number of imidazole rings is 1. The van der Waals surface area contributed by atoms with Gasteiger partial charge in [0.25, 0.3) is 0 Å². The first-order chi connectivity index (χ1) is 14.4. The number of hydrogen-bond donors (Lipinski definition) is 0. The highest BCUT2D eigenvalue weighted by Crippen LogP contribution is 2.28. The van der Waals surface area contributed by atoms with Crippen molar-refractivity contribution in [1.82, 2.24) is 9.55 Å². The van der Waals surface area contributed by atoms with Gasteiger partial charge < -0.3 is 14.0 Å². The van der Waals surface area contributed by atoms with E-state index in [9.17, 15) is 4.79 Å². The van der Waals surface area contributed by atoms with Crippen LogP contribution in [0, 0.1) is 0 Å². The number of hydrogen-bond acceptors (Lipinski definition) is 4. The number of para-hydroxylation sites is 2. The summed E-state index contributed by atoms with van der Waals surface area (Å²) >= 11 is 0. The van der Waals surface area contributed by atoms with Crippen molar-refractivity contribution >= 4 is 17.0 Å². The molecular formula is C25H32N2O3. The molecule has 0 bridgehead atoms. The van der Waals surface area contributed by atoms with E-state index >= 15 is 0 Å². The molecule has 0 aliphatic carbocycles. The smallest absolute Gasteiger partial charge is 0.326 e. The van der Waals surface area contributed by atoms with Gasteiger partial charge in [0.05, 0.1) is 17.6 Å². The summed E-state index contributed by atoms with van der Waals surface area (Å²) in [6.07, 6.45) is 2.11. The lowest BCUT2D eigenvalue weighted by Crippen LogP contribution is -2.17. The second kappa shape index (κ2) is 9.90. The zero-order valence-electron chi connectivity index (χ0n) is 18.5. The Hall–Kier alpha value is -2.66. The molecule has 0 saturated carbocycles.